The maximum atomic E-state index is 12.9. The van der Waals surface area contributed by atoms with Crippen LogP contribution in [0.3, 0.4) is 0 Å². The number of carbonyl (C=O) groups excluding carboxylic acids is 1. The number of oxazole rings is 1. The lowest BCUT2D eigenvalue weighted by atomic mass is 10.1. The molecule has 0 amide bonds. The van der Waals surface area contributed by atoms with Crippen LogP contribution in [0.15, 0.2) is 44.3 Å². The summed E-state index contributed by atoms with van der Waals surface area (Å²) in [6.07, 6.45) is 1.32. The molecular weight excluding hydrogens is 376 g/mol. The van der Waals surface area contributed by atoms with Crippen LogP contribution in [0.5, 0.6) is 0 Å². The third-order valence-corrected chi connectivity index (χ3v) is 4.44. The highest BCUT2D eigenvalue weighted by Crippen LogP contribution is 2.22. The molecule has 3 aromatic heterocycles. The highest BCUT2D eigenvalue weighted by molar-refractivity contribution is 5.99. The van der Waals surface area contributed by atoms with Crippen LogP contribution < -0.4 is 5.56 Å². The molecule has 4 rings (SSSR count). The average molecular weight is 394 g/mol. The second-order valence-electron chi connectivity index (χ2n) is 6.50. The largest absolute Gasteiger partial charge is 0.461 e. The Hall–Kier alpha value is -3.75. The van der Waals surface area contributed by atoms with Crippen molar-refractivity contribution in [2.24, 2.45) is 0 Å². The Kier molecular flexibility index (Phi) is 4.71. The van der Waals surface area contributed by atoms with E-state index in [1.807, 2.05) is 31.2 Å². The zero-order valence-corrected chi connectivity index (χ0v) is 16.1. The summed E-state index contributed by atoms with van der Waals surface area (Å²) >= 11 is 0. The van der Waals surface area contributed by atoms with Gasteiger partial charge in [0.1, 0.15) is 23.2 Å². The molecule has 0 unspecified atom stereocenters. The Morgan fingerprint density at radius 1 is 1.21 bits per heavy atom. The van der Waals surface area contributed by atoms with Crippen LogP contribution in [-0.2, 0) is 11.3 Å². The molecule has 0 saturated carbocycles. The van der Waals surface area contributed by atoms with E-state index in [-0.39, 0.29) is 29.9 Å². The predicted octanol–water partition coefficient (Wildman–Crippen LogP) is 2.88. The maximum absolute atomic E-state index is 12.9. The van der Waals surface area contributed by atoms with Crippen LogP contribution in [0.2, 0.25) is 0 Å². The molecule has 0 atom stereocenters. The number of aromatic nitrogens is 4. The molecule has 0 radical (unpaired) electrons. The van der Waals surface area contributed by atoms with Crippen molar-refractivity contribution in [2.75, 3.05) is 6.61 Å². The first-order valence-corrected chi connectivity index (χ1v) is 9.03. The Labute approximate surface area is 164 Å². The molecule has 9 nitrogen and oxygen atoms in total. The Morgan fingerprint density at radius 2 is 1.97 bits per heavy atom. The molecule has 4 aromatic rings. The third kappa shape index (κ3) is 3.42. The zero-order valence-electron chi connectivity index (χ0n) is 16.1. The van der Waals surface area contributed by atoms with Crippen molar-refractivity contribution in [2.45, 2.75) is 27.3 Å². The molecule has 0 aliphatic carbocycles. The highest BCUT2D eigenvalue weighted by Gasteiger charge is 2.23. The van der Waals surface area contributed by atoms with E-state index in [2.05, 4.69) is 15.1 Å². The standard InChI is InChI=1S/C20H18N4O5/c1-4-27-20(26)16-15-18(29-23-16)21-10-24(19(15)25)9-14-12(3)28-17(22-14)13-7-5-11(2)6-8-13/h5-8,10H,4,9H2,1-3H3. The summed E-state index contributed by atoms with van der Waals surface area (Å²) < 4.78 is 17.0. The molecule has 0 aliphatic rings. The number of rotatable bonds is 5. The minimum atomic E-state index is -0.734. The van der Waals surface area contributed by atoms with E-state index in [1.165, 1.54) is 10.9 Å². The van der Waals surface area contributed by atoms with Crippen molar-refractivity contribution in [1.82, 2.24) is 19.7 Å². The number of fused-ring (bicyclic) bond motifs is 1. The summed E-state index contributed by atoms with van der Waals surface area (Å²) in [6.45, 7) is 5.72. The SMILES string of the molecule is CCOC(=O)c1noc2ncn(Cc3nc(-c4ccc(C)cc4)oc3C)c(=O)c12. The minimum absolute atomic E-state index is 0.0217. The Balaban J connectivity index is 1.70. The van der Waals surface area contributed by atoms with Gasteiger partial charge in [-0.05, 0) is 32.9 Å². The molecular formula is C20H18N4O5. The Bertz CT molecular complexity index is 1250. The lowest BCUT2D eigenvalue weighted by molar-refractivity contribution is 0.0516. The van der Waals surface area contributed by atoms with Gasteiger partial charge in [0.25, 0.3) is 11.3 Å². The number of esters is 1. The van der Waals surface area contributed by atoms with Crippen LogP contribution >= 0.6 is 0 Å². The first-order valence-electron chi connectivity index (χ1n) is 9.03. The first kappa shape index (κ1) is 18.6. The normalized spacial score (nSPS) is 11.1. The van der Waals surface area contributed by atoms with Crippen LogP contribution in [0, 0.1) is 13.8 Å². The summed E-state index contributed by atoms with van der Waals surface area (Å²) in [6, 6.07) is 7.79. The second-order valence-corrected chi connectivity index (χ2v) is 6.50. The van der Waals surface area contributed by atoms with Crippen LogP contribution in [-0.4, -0.2) is 32.3 Å². The van der Waals surface area contributed by atoms with Gasteiger partial charge in [0, 0.05) is 5.56 Å². The fourth-order valence-electron chi connectivity index (χ4n) is 2.89. The molecule has 148 valence electrons. The van der Waals surface area contributed by atoms with Gasteiger partial charge in [-0.25, -0.2) is 14.8 Å². The van der Waals surface area contributed by atoms with E-state index >= 15 is 0 Å². The molecule has 9 heteroatoms. The van der Waals surface area contributed by atoms with Crippen LogP contribution in [0.1, 0.15) is 34.4 Å². The average Bonchev–Trinajstić information content (AvgIpc) is 3.29. The lowest BCUT2D eigenvalue weighted by Crippen LogP contribution is -2.23. The van der Waals surface area contributed by atoms with Gasteiger partial charge in [0.05, 0.1) is 13.2 Å². The fraction of sp³-hybridized carbons (Fsp3) is 0.250. The van der Waals surface area contributed by atoms with E-state index in [9.17, 15) is 9.59 Å². The lowest BCUT2D eigenvalue weighted by Gasteiger charge is -2.03. The zero-order chi connectivity index (χ0) is 20.5. The molecule has 29 heavy (non-hydrogen) atoms. The van der Waals surface area contributed by atoms with Crippen LogP contribution in [0.25, 0.3) is 22.6 Å². The predicted molar refractivity (Wildman–Crippen MR) is 103 cm³/mol. The van der Waals surface area contributed by atoms with Gasteiger partial charge in [-0.1, -0.05) is 22.9 Å². The first-order chi connectivity index (χ1) is 14.0. The highest BCUT2D eigenvalue weighted by atomic mass is 16.5. The second kappa shape index (κ2) is 7.34. The summed E-state index contributed by atoms with van der Waals surface area (Å²) in [5.41, 5.74) is 1.87. The molecule has 0 aliphatic heterocycles. The van der Waals surface area contributed by atoms with Crippen molar-refractivity contribution >= 4 is 17.1 Å². The molecule has 0 bridgehead atoms. The van der Waals surface area contributed by atoms with Gasteiger partial charge in [0.2, 0.25) is 11.6 Å². The fourth-order valence-corrected chi connectivity index (χ4v) is 2.89. The number of hydrogen-bond acceptors (Lipinski definition) is 8. The molecule has 3 heterocycles. The number of ether oxygens (including phenoxy) is 1. The van der Waals surface area contributed by atoms with Gasteiger partial charge in [-0.15, -0.1) is 0 Å². The summed E-state index contributed by atoms with van der Waals surface area (Å²) in [7, 11) is 0. The molecule has 0 N–H and O–H groups in total. The van der Waals surface area contributed by atoms with Gasteiger partial charge in [-0.3, -0.25) is 9.36 Å². The number of aryl methyl sites for hydroxylation is 2. The van der Waals surface area contributed by atoms with Crippen LogP contribution in [0.4, 0.5) is 0 Å². The van der Waals surface area contributed by atoms with E-state index in [0.29, 0.717) is 17.3 Å². The van der Waals surface area contributed by atoms with E-state index in [4.69, 9.17) is 13.7 Å². The third-order valence-electron chi connectivity index (χ3n) is 4.44. The van der Waals surface area contributed by atoms with E-state index in [1.54, 1.807) is 13.8 Å². The number of hydrogen-bond donors (Lipinski definition) is 0. The molecule has 0 fully saturated rings. The topological polar surface area (TPSA) is 113 Å². The minimum Gasteiger partial charge on any atom is -0.461 e. The molecule has 0 saturated heterocycles. The van der Waals surface area contributed by atoms with Crippen molar-refractivity contribution in [3.05, 3.63) is 63.7 Å². The van der Waals surface area contributed by atoms with Crippen molar-refractivity contribution in [3.8, 4) is 11.5 Å². The number of nitrogens with zero attached hydrogens (tertiary/aromatic N) is 4. The smallest absolute Gasteiger partial charge is 0.361 e. The quantitative estimate of drug-likeness (QED) is 0.475. The molecule has 0 spiro atoms. The number of carbonyl (C=O) groups is 1. The summed E-state index contributed by atoms with van der Waals surface area (Å²) in [4.78, 5) is 33.5. The van der Waals surface area contributed by atoms with Gasteiger partial charge >= 0.3 is 5.97 Å². The van der Waals surface area contributed by atoms with Gasteiger partial charge in [-0.2, -0.15) is 0 Å². The van der Waals surface area contributed by atoms with Gasteiger partial charge < -0.3 is 13.7 Å². The summed E-state index contributed by atoms with van der Waals surface area (Å²) in [5.74, 6) is 0.322. The van der Waals surface area contributed by atoms with Crippen molar-refractivity contribution in [1.29, 1.82) is 0 Å². The molecule has 1 aromatic carbocycles. The monoisotopic (exact) mass is 394 g/mol. The maximum Gasteiger partial charge on any atom is 0.361 e. The van der Waals surface area contributed by atoms with E-state index < -0.39 is 11.5 Å². The number of benzene rings is 1. The summed E-state index contributed by atoms with van der Waals surface area (Å²) in [5, 5.41) is 3.61. The van der Waals surface area contributed by atoms with Crippen molar-refractivity contribution in [3.63, 3.8) is 0 Å². The Morgan fingerprint density at radius 3 is 2.69 bits per heavy atom. The van der Waals surface area contributed by atoms with E-state index in [0.717, 1.165) is 11.1 Å². The van der Waals surface area contributed by atoms with Gasteiger partial charge in [0.15, 0.2) is 0 Å². The van der Waals surface area contributed by atoms with Crippen molar-refractivity contribution < 1.29 is 18.5 Å².